The molecule has 316 valence electrons. The zero-order valence-corrected chi connectivity index (χ0v) is 34.2. The molecule has 5 unspecified atom stereocenters. The van der Waals surface area contributed by atoms with Crippen molar-refractivity contribution >= 4 is 44.6 Å². The summed E-state index contributed by atoms with van der Waals surface area (Å²) in [5, 5.41) is 3.22. The number of fused-ring (bicyclic) bond motifs is 5. The van der Waals surface area contributed by atoms with Crippen LogP contribution in [0.3, 0.4) is 0 Å². The number of benzene rings is 1. The van der Waals surface area contributed by atoms with Gasteiger partial charge in [-0.05, 0) is 97.3 Å². The predicted molar refractivity (Wildman–Crippen MR) is 205 cm³/mol. The maximum atomic E-state index is 14.8. The fraction of sp³-hybridized carbons (Fsp3) is 0.634. The number of ether oxygens (including phenoxy) is 3. The lowest BCUT2D eigenvalue weighted by Gasteiger charge is -2.37. The molecule has 3 amide bonds. The molecule has 1 aromatic heterocycles. The fourth-order valence-electron chi connectivity index (χ4n) is 8.54. The van der Waals surface area contributed by atoms with Gasteiger partial charge < -0.3 is 24.4 Å². The Balaban J connectivity index is 1.27. The summed E-state index contributed by atoms with van der Waals surface area (Å²) >= 11 is 0. The molecule has 1 spiro atoms. The van der Waals surface area contributed by atoms with E-state index in [1.54, 1.807) is 32.9 Å². The summed E-state index contributed by atoms with van der Waals surface area (Å²) in [6, 6.07) is 3.20. The first-order chi connectivity index (χ1) is 27.1. The molecule has 17 heteroatoms. The lowest BCUT2D eigenvalue weighted by atomic mass is 9.87. The van der Waals surface area contributed by atoms with Crippen molar-refractivity contribution in [1.82, 2.24) is 19.9 Å². The minimum absolute atomic E-state index is 0.0815. The number of methoxy groups -OCH3 is 1. The van der Waals surface area contributed by atoms with Crippen molar-refractivity contribution in [2.45, 2.75) is 138 Å². The molecule has 58 heavy (non-hydrogen) atoms. The Kier molecular flexibility index (Phi) is 10.6. The molecule has 3 fully saturated rings. The topological polar surface area (TPSA) is 170 Å². The molecule has 13 nitrogen and oxygen atoms in total. The first-order valence-electron chi connectivity index (χ1n) is 19.9. The zero-order valence-electron chi connectivity index (χ0n) is 33.4. The summed E-state index contributed by atoms with van der Waals surface area (Å²) in [6.45, 7) is 6.36. The van der Waals surface area contributed by atoms with E-state index in [0.29, 0.717) is 43.2 Å². The molecular weight excluding hydrogens is 782 g/mol. The Morgan fingerprint density at radius 3 is 2.50 bits per heavy atom. The molecule has 1 saturated heterocycles. The summed E-state index contributed by atoms with van der Waals surface area (Å²) < 4.78 is 89.0. The number of allylic oxidation sites excluding steroid dienone is 1. The Bertz CT molecular complexity index is 2170. The number of nitrogens with zero attached hydrogens (tertiary/aromatic N) is 2. The van der Waals surface area contributed by atoms with E-state index in [-0.39, 0.29) is 56.1 Å². The van der Waals surface area contributed by atoms with E-state index in [4.69, 9.17) is 14.2 Å². The number of hydrogen-bond acceptors (Lipinski definition) is 10. The number of pyridine rings is 1. The Hall–Kier alpha value is -4.41. The molecule has 1 aromatic carbocycles. The fourth-order valence-corrected chi connectivity index (χ4v) is 9.86. The maximum absolute atomic E-state index is 14.8. The van der Waals surface area contributed by atoms with Gasteiger partial charge in [-0.2, -0.15) is 13.2 Å². The Morgan fingerprint density at radius 2 is 1.83 bits per heavy atom. The molecular formula is C41H51F3N4O9S. The number of hydrogen-bond donors (Lipinski definition) is 2. The van der Waals surface area contributed by atoms with E-state index in [0.717, 1.165) is 6.42 Å². The third kappa shape index (κ3) is 8.11. The van der Waals surface area contributed by atoms with Crippen LogP contribution in [-0.4, -0.2) is 83.2 Å². The van der Waals surface area contributed by atoms with Gasteiger partial charge in [-0.1, -0.05) is 25.0 Å². The second kappa shape index (κ2) is 14.7. The van der Waals surface area contributed by atoms with Gasteiger partial charge in [-0.15, -0.1) is 0 Å². The first-order valence-corrected chi connectivity index (χ1v) is 21.4. The lowest BCUT2D eigenvalue weighted by Crippen LogP contribution is -2.57. The maximum Gasteiger partial charge on any atom is 0.437 e. The highest BCUT2D eigenvalue weighted by molar-refractivity contribution is 7.91. The van der Waals surface area contributed by atoms with Crippen molar-refractivity contribution in [2.75, 3.05) is 13.7 Å². The Morgan fingerprint density at radius 1 is 1.09 bits per heavy atom. The normalized spacial score (nSPS) is 28.6. The highest BCUT2D eigenvalue weighted by Crippen LogP contribution is 2.51. The summed E-state index contributed by atoms with van der Waals surface area (Å²) in [4.78, 5) is 61.8. The predicted octanol–water partition coefficient (Wildman–Crippen LogP) is 5.67. The molecule has 2 saturated carbocycles. The minimum Gasteiger partial charge on any atom is -0.497 e. The van der Waals surface area contributed by atoms with Gasteiger partial charge in [0.2, 0.25) is 21.8 Å². The standard InChI is InChI=1S/C41H51F3N4O9S/c1-37(2,3)56-31(49)19-24-11-9-7-6-8-10-12-25-21-40(25,36(52)47-58(53,54)38(4)17-18-38)46-34(50)30-22-39(23-48(30)35(24)51)16-15-27-28-20-26(55-5)13-14-29(28)45-33(32(27)57-39)41(42,43)44/h10,12-14,20,24-25,30H,6-9,11,15-19,21-23H2,1-5H3,(H,46,50)(H,47,52). The SMILES string of the molecule is COc1ccc2nc(C(F)(F)F)c3c(c2c1)CCC1(CC2C(=O)NC4(C(=O)NS(=O)(=O)C5(C)CC5)CC4C=CCCCCCC(CC(=O)OC(C)(C)C)C(=O)N2C1)O3. The van der Waals surface area contributed by atoms with Gasteiger partial charge in [0.05, 0.1) is 30.3 Å². The van der Waals surface area contributed by atoms with Crippen LogP contribution in [0.15, 0.2) is 30.4 Å². The molecule has 2 N–H and O–H groups in total. The molecule has 5 atom stereocenters. The van der Waals surface area contributed by atoms with E-state index in [1.807, 2.05) is 6.08 Å². The van der Waals surface area contributed by atoms with E-state index in [1.165, 1.54) is 31.1 Å². The van der Waals surface area contributed by atoms with Crippen molar-refractivity contribution in [3.05, 3.63) is 41.6 Å². The van der Waals surface area contributed by atoms with Crippen LogP contribution < -0.4 is 19.5 Å². The van der Waals surface area contributed by atoms with Crippen LogP contribution in [0, 0.1) is 11.8 Å². The van der Waals surface area contributed by atoms with Crippen LogP contribution in [0.2, 0.25) is 0 Å². The van der Waals surface area contributed by atoms with Gasteiger partial charge in [0, 0.05) is 29.2 Å². The van der Waals surface area contributed by atoms with Crippen LogP contribution >= 0.6 is 0 Å². The first kappa shape index (κ1) is 41.7. The molecule has 5 aliphatic rings. The summed E-state index contributed by atoms with van der Waals surface area (Å²) in [5.74, 6) is -4.44. The van der Waals surface area contributed by atoms with Crippen molar-refractivity contribution < 1.29 is 55.0 Å². The van der Waals surface area contributed by atoms with Crippen LogP contribution in [0.1, 0.15) is 110 Å². The molecule has 0 radical (unpaired) electrons. The third-order valence-electron chi connectivity index (χ3n) is 12.2. The number of rotatable bonds is 6. The van der Waals surface area contributed by atoms with Crippen LogP contribution in [-0.2, 0) is 46.5 Å². The summed E-state index contributed by atoms with van der Waals surface area (Å²) in [7, 11) is -2.65. The molecule has 7 rings (SSSR count). The van der Waals surface area contributed by atoms with Gasteiger partial charge in [0.1, 0.15) is 28.5 Å². The van der Waals surface area contributed by atoms with Crippen LogP contribution in [0.5, 0.6) is 11.5 Å². The minimum atomic E-state index is -4.92. The van der Waals surface area contributed by atoms with Gasteiger partial charge in [-0.3, -0.25) is 23.9 Å². The largest absolute Gasteiger partial charge is 0.497 e. The number of aromatic nitrogens is 1. The smallest absolute Gasteiger partial charge is 0.437 e. The van der Waals surface area contributed by atoms with Crippen molar-refractivity contribution in [2.24, 2.45) is 11.8 Å². The van der Waals surface area contributed by atoms with Crippen LogP contribution in [0.25, 0.3) is 10.9 Å². The summed E-state index contributed by atoms with van der Waals surface area (Å²) in [5.41, 5.74) is -4.87. The average molecular weight is 833 g/mol. The monoisotopic (exact) mass is 832 g/mol. The Labute approximate surface area is 335 Å². The molecule has 2 aliphatic carbocycles. The van der Waals surface area contributed by atoms with E-state index in [9.17, 15) is 40.8 Å². The number of carbonyl (C=O) groups is 4. The number of carbonyl (C=O) groups excluding carboxylic acids is 4. The highest BCUT2D eigenvalue weighted by Gasteiger charge is 2.64. The van der Waals surface area contributed by atoms with Gasteiger partial charge in [0.15, 0.2) is 11.4 Å². The lowest BCUT2D eigenvalue weighted by molar-refractivity contribution is -0.159. The number of aryl methyl sites for hydroxylation is 1. The van der Waals surface area contributed by atoms with E-state index in [2.05, 4.69) is 15.0 Å². The van der Waals surface area contributed by atoms with Crippen molar-refractivity contribution in [3.63, 3.8) is 0 Å². The second-order valence-electron chi connectivity index (χ2n) is 17.8. The van der Waals surface area contributed by atoms with Gasteiger partial charge >= 0.3 is 12.1 Å². The van der Waals surface area contributed by atoms with Crippen molar-refractivity contribution in [1.29, 1.82) is 0 Å². The number of alkyl halides is 3. The number of esters is 1. The zero-order chi connectivity index (χ0) is 42.1. The number of sulfonamides is 1. The van der Waals surface area contributed by atoms with Gasteiger partial charge in [0.25, 0.3) is 5.91 Å². The molecule has 2 aromatic rings. The quantitative estimate of drug-likeness (QED) is 0.273. The highest BCUT2D eigenvalue weighted by atomic mass is 32.2. The van der Waals surface area contributed by atoms with E-state index >= 15 is 0 Å². The number of halogens is 3. The third-order valence-corrected chi connectivity index (χ3v) is 14.4. The number of nitrogens with one attached hydrogen (secondary N) is 2. The molecule has 0 bridgehead atoms. The van der Waals surface area contributed by atoms with E-state index < -0.39 is 90.7 Å². The van der Waals surface area contributed by atoms with Crippen LogP contribution in [0.4, 0.5) is 13.2 Å². The second-order valence-corrected chi connectivity index (χ2v) is 20.0. The van der Waals surface area contributed by atoms with Crippen molar-refractivity contribution in [3.8, 4) is 11.5 Å². The molecule has 4 heterocycles. The van der Waals surface area contributed by atoms with Gasteiger partial charge in [-0.25, -0.2) is 13.4 Å². The summed E-state index contributed by atoms with van der Waals surface area (Å²) in [6.07, 6.45) is 2.19. The number of amides is 3. The molecule has 3 aliphatic heterocycles. The average Bonchev–Trinajstić information content (AvgIpc) is 4.03.